The topological polar surface area (TPSA) is 67.2 Å². The minimum absolute atomic E-state index is 0.0541. The summed E-state index contributed by atoms with van der Waals surface area (Å²) in [6.07, 6.45) is 4.48. The van der Waals surface area contributed by atoms with Crippen molar-refractivity contribution in [2.45, 2.75) is 43.8 Å². The van der Waals surface area contributed by atoms with E-state index < -0.39 is 0 Å². The van der Waals surface area contributed by atoms with E-state index in [-0.39, 0.29) is 10.6 Å². The second kappa shape index (κ2) is 4.98. The smallest absolute Gasteiger partial charge is 0.293 e. The number of rotatable bonds is 3. The molecule has 2 bridgehead atoms. The Balaban J connectivity index is 1.78. The van der Waals surface area contributed by atoms with Crippen molar-refractivity contribution in [1.29, 1.82) is 0 Å². The summed E-state index contributed by atoms with van der Waals surface area (Å²) in [6.45, 7) is 0. The molecule has 2 saturated heterocycles. The zero-order valence-electron chi connectivity index (χ0n) is 10.4. The van der Waals surface area contributed by atoms with Crippen LogP contribution in [0.3, 0.4) is 0 Å². The number of nitrogens with zero attached hydrogens (tertiary/aromatic N) is 1. The number of nitro groups is 1. The quantitative estimate of drug-likeness (QED) is 0.660. The molecule has 6 heteroatoms. The van der Waals surface area contributed by atoms with E-state index in [0.29, 0.717) is 28.8 Å². The maximum absolute atomic E-state index is 11.1. The summed E-state index contributed by atoms with van der Waals surface area (Å²) in [5.74, 6) is 0. The highest BCUT2D eigenvalue weighted by molar-refractivity contribution is 6.30. The first kappa shape index (κ1) is 12.7. The van der Waals surface area contributed by atoms with Crippen LogP contribution in [0.5, 0.6) is 0 Å². The van der Waals surface area contributed by atoms with Crippen molar-refractivity contribution < 1.29 is 4.92 Å². The van der Waals surface area contributed by atoms with E-state index in [1.54, 1.807) is 12.1 Å². The van der Waals surface area contributed by atoms with E-state index in [2.05, 4.69) is 10.6 Å². The molecule has 2 aliphatic rings. The van der Waals surface area contributed by atoms with E-state index in [4.69, 9.17) is 11.6 Å². The van der Waals surface area contributed by atoms with Gasteiger partial charge in [0.25, 0.3) is 5.69 Å². The normalized spacial score (nSPS) is 29.2. The molecule has 5 nitrogen and oxygen atoms in total. The highest BCUT2D eigenvalue weighted by Gasteiger charge is 2.34. The van der Waals surface area contributed by atoms with Crippen LogP contribution in [0.1, 0.15) is 25.7 Å². The first-order chi connectivity index (χ1) is 9.11. The zero-order chi connectivity index (χ0) is 13.4. The Hall–Kier alpha value is -1.33. The largest absolute Gasteiger partial charge is 0.377 e. The summed E-state index contributed by atoms with van der Waals surface area (Å²) < 4.78 is 0. The Morgan fingerprint density at radius 2 is 2.00 bits per heavy atom. The molecule has 0 radical (unpaired) electrons. The molecule has 3 rings (SSSR count). The first-order valence-corrected chi connectivity index (χ1v) is 6.96. The number of anilines is 1. The molecule has 2 N–H and O–H groups in total. The standard InChI is InChI=1S/C13H16ClN3O2/c14-8-1-4-12(13(5-8)17(18)19)16-11-6-9-2-3-10(7-11)15-9/h1,4-5,9-11,15-16H,2-3,6-7H2. The average Bonchev–Trinajstić information content (AvgIpc) is 2.71. The average molecular weight is 282 g/mol. The first-order valence-electron chi connectivity index (χ1n) is 6.58. The van der Waals surface area contributed by atoms with Gasteiger partial charge in [-0.2, -0.15) is 0 Å². The summed E-state index contributed by atoms with van der Waals surface area (Å²) >= 11 is 5.82. The highest BCUT2D eigenvalue weighted by atomic mass is 35.5. The van der Waals surface area contributed by atoms with Crippen LogP contribution in [0.15, 0.2) is 18.2 Å². The molecule has 0 aliphatic carbocycles. The van der Waals surface area contributed by atoms with Gasteiger partial charge in [-0.05, 0) is 37.8 Å². The summed E-state index contributed by atoms with van der Waals surface area (Å²) in [5.41, 5.74) is 0.624. The van der Waals surface area contributed by atoms with Gasteiger partial charge in [0, 0.05) is 29.2 Å². The lowest BCUT2D eigenvalue weighted by Gasteiger charge is -2.30. The van der Waals surface area contributed by atoms with Crippen molar-refractivity contribution in [3.63, 3.8) is 0 Å². The SMILES string of the molecule is O=[N+]([O-])c1cc(Cl)ccc1NC1CC2CCC(C1)N2. The van der Waals surface area contributed by atoms with Gasteiger partial charge in [0.1, 0.15) is 5.69 Å². The minimum atomic E-state index is -0.385. The number of piperidine rings is 1. The lowest BCUT2D eigenvalue weighted by molar-refractivity contribution is -0.384. The maximum Gasteiger partial charge on any atom is 0.293 e. The number of hydrogen-bond donors (Lipinski definition) is 2. The van der Waals surface area contributed by atoms with E-state index >= 15 is 0 Å². The third-order valence-electron chi connectivity index (χ3n) is 3.99. The summed E-state index contributed by atoms with van der Waals surface area (Å²) in [5, 5.41) is 18.3. The lowest BCUT2D eigenvalue weighted by atomic mass is 9.99. The van der Waals surface area contributed by atoms with Gasteiger partial charge in [-0.1, -0.05) is 11.6 Å². The monoisotopic (exact) mass is 281 g/mol. The predicted octanol–water partition coefficient (Wildman–Crippen LogP) is 2.94. The fraction of sp³-hybridized carbons (Fsp3) is 0.538. The van der Waals surface area contributed by atoms with Crippen molar-refractivity contribution in [2.75, 3.05) is 5.32 Å². The molecule has 1 aromatic rings. The molecule has 0 amide bonds. The Labute approximate surface area is 116 Å². The zero-order valence-corrected chi connectivity index (χ0v) is 11.2. The third kappa shape index (κ3) is 2.67. The third-order valence-corrected chi connectivity index (χ3v) is 4.22. The maximum atomic E-state index is 11.1. The van der Waals surface area contributed by atoms with Gasteiger partial charge in [0.15, 0.2) is 0 Å². The van der Waals surface area contributed by atoms with Crippen LogP contribution in [-0.2, 0) is 0 Å². The van der Waals surface area contributed by atoms with Crippen LogP contribution in [0, 0.1) is 10.1 Å². The van der Waals surface area contributed by atoms with Crippen LogP contribution in [0.2, 0.25) is 5.02 Å². The van der Waals surface area contributed by atoms with Gasteiger partial charge >= 0.3 is 0 Å². The Morgan fingerprint density at radius 3 is 2.63 bits per heavy atom. The number of nitrogens with one attached hydrogen (secondary N) is 2. The van der Waals surface area contributed by atoms with E-state index in [9.17, 15) is 10.1 Å². The van der Waals surface area contributed by atoms with Crippen molar-refractivity contribution >= 4 is 23.0 Å². The molecule has 2 fully saturated rings. The second-order valence-electron chi connectivity index (χ2n) is 5.37. The van der Waals surface area contributed by atoms with Crippen molar-refractivity contribution in [2.24, 2.45) is 0 Å². The second-order valence-corrected chi connectivity index (χ2v) is 5.81. The number of benzene rings is 1. The molecular formula is C13H16ClN3O2. The van der Waals surface area contributed by atoms with Gasteiger partial charge < -0.3 is 10.6 Å². The molecular weight excluding hydrogens is 266 g/mol. The molecule has 1 aromatic carbocycles. The molecule has 0 aromatic heterocycles. The lowest BCUT2D eigenvalue weighted by Crippen LogP contribution is -2.43. The van der Waals surface area contributed by atoms with Crippen molar-refractivity contribution in [3.05, 3.63) is 33.3 Å². The van der Waals surface area contributed by atoms with Crippen LogP contribution < -0.4 is 10.6 Å². The minimum Gasteiger partial charge on any atom is -0.377 e. The van der Waals surface area contributed by atoms with Gasteiger partial charge in [0.05, 0.1) is 4.92 Å². The summed E-state index contributed by atoms with van der Waals surface area (Å²) in [7, 11) is 0. The van der Waals surface area contributed by atoms with Crippen LogP contribution >= 0.6 is 11.6 Å². The number of nitro benzene ring substituents is 1. The fourth-order valence-electron chi connectivity index (χ4n) is 3.17. The number of fused-ring (bicyclic) bond motifs is 2. The molecule has 2 aliphatic heterocycles. The van der Waals surface area contributed by atoms with Gasteiger partial charge in [-0.3, -0.25) is 10.1 Å². The van der Waals surface area contributed by atoms with Gasteiger partial charge in [0.2, 0.25) is 0 Å². The molecule has 102 valence electrons. The molecule has 19 heavy (non-hydrogen) atoms. The Bertz CT molecular complexity index is 497. The molecule has 2 heterocycles. The van der Waals surface area contributed by atoms with E-state index in [1.165, 1.54) is 18.9 Å². The van der Waals surface area contributed by atoms with Crippen molar-refractivity contribution in [1.82, 2.24) is 5.32 Å². The molecule has 0 saturated carbocycles. The Kier molecular flexibility index (Phi) is 3.33. The molecule has 0 spiro atoms. The van der Waals surface area contributed by atoms with Crippen LogP contribution in [0.4, 0.5) is 11.4 Å². The fourth-order valence-corrected chi connectivity index (χ4v) is 3.34. The molecule has 2 atom stereocenters. The van der Waals surface area contributed by atoms with Crippen LogP contribution in [-0.4, -0.2) is 23.0 Å². The predicted molar refractivity (Wildman–Crippen MR) is 74.7 cm³/mol. The van der Waals surface area contributed by atoms with E-state index in [1.807, 2.05) is 0 Å². The molecule has 2 unspecified atom stereocenters. The summed E-state index contributed by atoms with van der Waals surface area (Å²) in [6, 6.07) is 6.21. The van der Waals surface area contributed by atoms with E-state index in [0.717, 1.165) is 12.8 Å². The summed E-state index contributed by atoms with van der Waals surface area (Å²) in [4.78, 5) is 10.7. The van der Waals surface area contributed by atoms with Crippen LogP contribution in [0.25, 0.3) is 0 Å². The number of hydrogen-bond acceptors (Lipinski definition) is 4. The number of halogens is 1. The Morgan fingerprint density at radius 1 is 1.32 bits per heavy atom. The van der Waals surface area contributed by atoms with Crippen molar-refractivity contribution in [3.8, 4) is 0 Å². The highest BCUT2D eigenvalue weighted by Crippen LogP contribution is 2.32. The van der Waals surface area contributed by atoms with Gasteiger partial charge in [-0.25, -0.2) is 0 Å². The van der Waals surface area contributed by atoms with Gasteiger partial charge in [-0.15, -0.1) is 0 Å².